The number of anilines is 2. The van der Waals surface area contributed by atoms with Crippen molar-refractivity contribution >= 4 is 29.2 Å². The van der Waals surface area contributed by atoms with Gasteiger partial charge < -0.3 is 25.0 Å². The molecule has 2 aliphatic rings. The molecular weight excluding hydrogens is 434 g/mol. The molecule has 0 spiro atoms. The minimum Gasteiger partial charge on any atom is -0.495 e. The van der Waals surface area contributed by atoms with Gasteiger partial charge in [-0.1, -0.05) is 37.1 Å². The fourth-order valence-corrected chi connectivity index (χ4v) is 4.96. The molecule has 0 radical (unpaired) electrons. The number of rotatable bonds is 6. The number of para-hydroxylation sites is 3. The van der Waals surface area contributed by atoms with Gasteiger partial charge in [0, 0.05) is 26.2 Å². The van der Waals surface area contributed by atoms with E-state index in [-0.39, 0.29) is 11.8 Å². The second-order valence-electron chi connectivity index (χ2n) is 8.82. The molecule has 1 aliphatic heterocycles. The minimum absolute atomic E-state index is 0.144. The maximum Gasteiger partial charge on any atom is 0.307 e. The molecule has 0 aromatic heterocycles. The van der Waals surface area contributed by atoms with Gasteiger partial charge in [0.25, 0.3) is 5.91 Å². The highest BCUT2D eigenvalue weighted by atomic mass is 16.5. The summed E-state index contributed by atoms with van der Waals surface area (Å²) in [6.07, 6.45) is 2.70. The zero-order valence-electron chi connectivity index (χ0n) is 19.4. The number of nitrogens with one attached hydrogen (secondary N) is 1. The molecule has 1 saturated carbocycles. The van der Waals surface area contributed by atoms with Crippen LogP contribution in [0.15, 0.2) is 48.5 Å². The van der Waals surface area contributed by atoms with Gasteiger partial charge in [-0.2, -0.15) is 0 Å². The van der Waals surface area contributed by atoms with E-state index in [1.807, 2.05) is 24.3 Å². The average Bonchev–Trinajstić information content (AvgIpc) is 2.88. The van der Waals surface area contributed by atoms with Gasteiger partial charge in [0.1, 0.15) is 5.75 Å². The number of carboxylic acid groups (broad SMARTS) is 1. The van der Waals surface area contributed by atoms with E-state index in [9.17, 15) is 19.5 Å². The van der Waals surface area contributed by atoms with E-state index in [1.54, 1.807) is 36.3 Å². The van der Waals surface area contributed by atoms with E-state index in [0.717, 1.165) is 24.3 Å². The van der Waals surface area contributed by atoms with Gasteiger partial charge in [-0.25, -0.2) is 0 Å². The van der Waals surface area contributed by atoms with Crippen LogP contribution in [-0.2, 0) is 9.59 Å². The molecule has 34 heavy (non-hydrogen) atoms. The van der Waals surface area contributed by atoms with E-state index in [4.69, 9.17) is 4.74 Å². The van der Waals surface area contributed by atoms with Crippen molar-refractivity contribution in [2.75, 3.05) is 43.5 Å². The van der Waals surface area contributed by atoms with Crippen LogP contribution in [-0.4, -0.2) is 61.1 Å². The largest absolute Gasteiger partial charge is 0.495 e. The lowest BCUT2D eigenvalue weighted by molar-refractivity contribution is -0.147. The van der Waals surface area contributed by atoms with Crippen molar-refractivity contribution in [3.63, 3.8) is 0 Å². The smallest absolute Gasteiger partial charge is 0.307 e. The number of amides is 2. The number of hydrogen-bond acceptors (Lipinski definition) is 5. The average molecular weight is 466 g/mol. The van der Waals surface area contributed by atoms with E-state index in [2.05, 4.69) is 10.2 Å². The Hall–Kier alpha value is -3.55. The van der Waals surface area contributed by atoms with Crippen molar-refractivity contribution in [2.24, 2.45) is 11.8 Å². The summed E-state index contributed by atoms with van der Waals surface area (Å²) in [4.78, 5) is 41.9. The molecule has 8 nitrogen and oxygen atoms in total. The summed E-state index contributed by atoms with van der Waals surface area (Å²) in [7, 11) is 1.65. The van der Waals surface area contributed by atoms with Crippen LogP contribution in [0.5, 0.6) is 5.75 Å². The fourth-order valence-electron chi connectivity index (χ4n) is 4.96. The monoisotopic (exact) mass is 465 g/mol. The van der Waals surface area contributed by atoms with Crippen molar-refractivity contribution < 1.29 is 24.2 Å². The van der Waals surface area contributed by atoms with E-state index < -0.39 is 17.8 Å². The van der Waals surface area contributed by atoms with Crippen molar-refractivity contribution in [3.8, 4) is 5.75 Å². The summed E-state index contributed by atoms with van der Waals surface area (Å²) in [5.74, 6) is -1.87. The quantitative estimate of drug-likeness (QED) is 0.678. The molecule has 1 aliphatic carbocycles. The first kappa shape index (κ1) is 23.6. The number of ether oxygens (including phenoxy) is 1. The summed E-state index contributed by atoms with van der Waals surface area (Å²) >= 11 is 0. The number of benzene rings is 2. The topological polar surface area (TPSA) is 99.2 Å². The van der Waals surface area contributed by atoms with Crippen LogP contribution in [0.4, 0.5) is 11.4 Å². The number of methoxy groups -OCH3 is 1. The van der Waals surface area contributed by atoms with Crippen molar-refractivity contribution in [1.82, 2.24) is 4.90 Å². The van der Waals surface area contributed by atoms with Gasteiger partial charge in [0.15, 0.2) is 0 Å². The molecule has 1 heterocycles. The lowest BCUT2D eigenvalue weighted by Crippen LogP contribution is -2.49. The molecule has 2 N–H and O–H groups in total. The van der Waals surface area contributed by atoms with Gasteiger partial charge in [-0.15, -0.1) is 0 Å². The number of hydrogen-bond donors (Lipinski definition) is 2. The first-order valence-corrected chi connectivity index (χ1v) is 11.8. The van der Waals surface area contributed by atoms with Crippen LogP contribution < -0.4 is 15.0 Å². The normalized spacial score (nSPS) is 20.5. The maximum atomic E-state index is 13.4. The summed E-state index contributed by atoms with van der Waals surface area (Å²) in [5.41, 5.74) is 1.86. The highest BCUT2D eigenvalue weighted by Gasteiger charge is 2.36. The molecule has 2 fully saturated rings. The first-order chi connectivity index (χ1) is 16.5. The molecule has 0 unspecified atom stereocenters. The van der Waals surface area contributed by atoms with E-state index in [1.165, 1.54) is 0 Å². The number of carbonyl (C=O) groups is 3. The molecule has 1 saturated heterocycles. The Morgan fingerprint density at radius 3 is 2.26 bits per heavy atom. The number of carboxylic acids is 1. The van der Waals surface area contributed by atoms with Gasteiger partial charge in [0.05, 0.1) is 35.9 Å². The standard InChI is InChI=1S/C26H31N3O5/c1-34-23-13-7-6-12-22(23)28-14-16-29(17-15-28)25(31)20-10-4-5-11-21(20)27-24(30)18-8-2-3-9-19(18)26(32)33/h4-7,10-13,18-19H,2-3,8-9,14-17H2,1H3,(H,27,30)(H,32,33)/t18-,19+/m1/s1. The Morgan fingerprint density at radius 2 is 1.56 bits per heavy atom. The van der Waals surface area contributed by atoms with Gasteiger partial charge in [-0.05, 0) is 37.1 Å². The third-order valence-corrected chi connectivity index (χ3v) is 6.83. The number of nitrogens with zero attached hydrogens (tertiary/aromatic N) is 2. The molecular formula is C26H31N3O5. The van der Waals surface area contributed by atoms with E-state index >= 15 is 0 Å². The molecule has 8 heteroatoms. The second-order valence-corrected chi connectivity index (χ2v) is 8.82. The Balaban J connectivity index is 1.44. The Labute approximate surface area is 199 Å². The van der Waals surface area contributed by atoms with Crippen molar-refractivity contribution in [2.45, 2.75) is 25.7 Å². The lowest BCUT2D eigenvalue weighted by atomic mass is 9.78. The summed E-state index contributed by atoms with van der Waals surface area (Å²) in [5, 5.41) is 12.4. The van der Waals surface area contributed by atoms with Gasteiger partial charge >= 0.3 is 5.97 Å². The van der Waals surface area contributed by atoms with Crippen LogP contribution in [0, 0.1) is 11.8 Å². The zero-order chi connectivity index (χ0) is 24.1. The SMILES string of the molecule is COc1ccccc1N1CCN(C(=O)c2ccccc2NC(=O)[C@@H]2CCCC[C@@H]2C(=O)O)CC1. The first-order valence-electron chi connectivity index (χ1n) is 11.8. The molecule has 4 rings (SSSR count). The lowest BCUT2D eigenvalue weighted by Gasteiger charge is -2.37. The van der Waals surface area contributed by atoms with Crippen LogP contribution in [0.1, 0.15) is 36.0 Å². The van der Waals surface area contributed by atoms with Crippen LogP contribution >= 0.6 is 0 Å². The molecule has 2 aromatic carbocycles. The second kappa shape index (κ2) is 10.6. The molecule has 2 atom stereocenters. The van der Waals surface area contributed by atoms with Gasteiger partial charge in [0.2, 0.25) is 5.91 Å². The predicted molar refractivity (Wildman–Crippen MR) is 129 cm³/mol. The Kier molecular flexibility index (Phi) is 7.35. The number of piperazine rings is 1. The molecule has 0 bridgehead atoms. The summed E-state index contributed by atoms with van der Waals surface area (Å²) in [6, 6.07) is 14.8. The maximum absolute atomic E-state index is 13.4. The van der Waals surface area contributed by atoms with Gasteiger partial charge in [-0.3, -0.25) is 14.4 Å². The highest BCUT2D eigenvalue weighted by molar-refractivity contribution is 6.04. The number of carbonyl (C=O) groups excluding carboxylic acids is 2. The highest BCUT2D eigenvalue weighted by Crippen LogP contribution is 2.32. The fraction of sp³-hybridized carbons (Fsp3) is 0.423. The van der Waals surface area contributed by atoms with Crippen LogP contribution in [0.2, 0.25) is 0 Å². The minimum atomic E-state index is -0.933. The number of aliphatic carboxylic acids is 1. The molecule has 180 valence electrons. The van der Waals surface area contributed by atoms with Crippen molar-refractivity contribution in [1.29, 1.82) is 0 Å². The third kappa shape index (κ3) is 5.00. The predicted octanol–water partition coefficient (Wildman–Crippen LogP) is 3.49. The molecule has 2 amide bonds. The molecule has 2 aromatic rings. The Morgan fingerprint density at radius 1 is 0.912 bits per heavy atom. The van der Waals surface area contributed by atoms with Crippen LogP contribution in [0.3, 0.4) is 0 Å². The summed E-state index contributed by atoms with van der Waals surface area (Å²) in [6.45, 7) is 2.43. The van der Waals surface area contributed by atoms with Crippen LogP contribution in [0.25, 0.3) is 0 Å². The zero-order valence-corrected chi connectivity index (χ0v) is 19.4. The van der Waals surface area contributed by atoms with E-state index in [0.29, 0.717) is 50.3 Å². The summed E-state index contributed by atoms with van der Waals surface area (Å²) < 4.78 is 5.47. The van der Waals surface area contributed by atoms with Crippen molar-refractivity contribution in [3.05, 3.63) is 54.1 Å². The Bertz CT molecular complexity index is 1050. The third-order valence-electron chi connectivity index (χ3n) is 6.83.